The van der Waals surface area contributed by atoms with E-state index in [4.69, 9.17) is 23.2 Å². The van der Waals surface area contributed by atoms with Crippen LogP contribution in [-0.4, -0.2) is 6.54 Å². The van der Waals surface area contributed by atoms with E-state index in [-0.39, 0.29) is 11.9 Å². The van der Waals surface area contributed by atoms with Crippen molar-refractivity contribution in [2.45, 2.75) is 19.4 Å². The zero-order valence-electron chi connectivity index (χ0n) is 11.2. The highest BCUT2D eigenvalue weighted by Gasteiger charge is 2.16. The molecule has 0 bridgehead atoms. The normalized spacial score (nSPS) is 12.4. The Morgan fingerprint density at radius 1 is 1.10 bits per heavy atom. The molecule has 0 aliphatic heterocycles. The van der Waals surface area contributed by atoms with Crippen LogP contribution in [0.4, 0.5) is 4.39 Å². The van der Waals surface area contributed by atoms with Gasteiger partial charge in [0, 0.05) is 21.7 Å². The Morgan fingerprint density at radius 2 is 1.80 bits per heavy atom. The third kappa shape index (κ3) is 3.72. The minimum Gasteiger partial charge on any atom is -0.310 e. The molecule has 0 amide bonds. The molecule has 2 aromatic rings. The molecule has 0 fully saturated rings. The Labute approximate surface area is 128 Å². The quantitative estimate of drug-likeness (QED) is 0.817. The van der Waals surface area contributed by atoms with Gasteiger partial charge in [-0.15, -0.1) is 0 Å². The average Bonchev–Trinajstić information content (AvgIpc) is 2.43. The van der Waals surface area contributed by atoms with Gasteiger partial charge in [-0.25, -0.2) is 4.39 Å². The number of hydrogen-bond acceptors (Lipinski definition) is 1. The van der Waals surface area contributed by atoms with Crippen LogP contribution in [0, 0.1) is 5.82 Å². The third-order valence-electron chi connectivity index (χ3n) is 3.19. The lowest BCUT2D eigenvalue weighted by molar-refractivity contribution is 0.528. The molecule has 1 atom stereocenters. The Morgan fingerprint density at radius 3 is 2.40 bits per heavy atom. The van der Waals surface area contributed by atoms with E-state index in [0.717, 1.165) is 12.1 Å². The number of halogens is 3. The highest BCUT2D eigenvalue weighted by atomic mass is 35.5. The molecule has 2 rings (SSSR count). The van der Waals surface area contributed by atoms with Crippen molar-refractivity contribution in [2.24, 2.45) is 0 Å². The van der Waals surface area contributed by atoms with Gasteiger partial charge in [0.1, 0.15) is 5.82 Å². The smallest absolute Gasteiger partial charge is 0.127 e. The van der Waals surface area contributed by atoms with Gasteiger partial charge in [0.05, 0.1) is 0 Å². The fourth-order valence-electron chi connectivity index (χ4n) is 2.18. The minimum absolute atomic E-state index is 0.00617. The van der Waals surface area contributed by atoms with Crippen LogP contribution < -0.4 is 5.32 Å². The molecule has 1 unspecified atom stereocenters. The van der Waals surface area contributed by atoms with Crippen molar-refractivity contribution in [3.05, 3.63) is 69.5 Å². The van der Waals surface area contributed by atoms with Crippen LogP contribution in [0.25, 0.3) is 0 Å². The van der Waals surface area contributed by atoms with Crippen molar-refractivity contribution in [3.63, 3.8) is 0 Å². The molecule has 4 heteroatoms. The molecule has 0 aromatic heterocycles. The first-order valence-electron chi connectivity index (χ1n) is 6.53. The highest BCUT2D eigenvalue weighted by molar-refractivity contribution is 6.31. The van der Waals surface area contributed by atoms with Gasteiger partial charge in [0.25, 0.3) is 0 Å². The lowest BCUT2D eigenvalue weighted by Crippen LogP contribution is -2.23. The Hall–Kier alpha value is -1.09. The van der Waals surface area contributed by atoms with Crippen molar-refractivity contribution in [1.29, 1.82) is 0 Å². The van der Waals surface area contributed by atoms with E-state index in [2.05, 4.69) is 5.32 Å². The second-order valence-corrected chi connectivity index (χ2v) is 5.41. The maximum Gasteiger partial charge on any atom is 0.127 e. The number of hydrogen-bond donors (Lipinski definition) is 1. The summed E-state index contributed by atoms with van der Waals surface area (Å²) in [6, 6.07) is 12.3. The summed E-state index contributed by atoms with van der Waals surface area (Å²) in [5, 5.41) is 4.50. The fraction of sp³-hybridized carbons (Fsp3) is 0.250. The van der Waals surface area contributed by atoms with Crippen molar-refractivity contribution < 1.29 is 4.39 Å². The summed E-state index contributed by atoms with van der Waals surface area (Å²) in [5.74, 6) is -0.269. The van der Waals surface area contributed by atoms with Gasteiger partial charge in [0.15, 0.2) is 0 Å². The molecular weight excluding hydrogens is 296 g/mol. The second kappa shape index (κ2) is 7.07. The standard InChI is InChI=1S/C16H16Cl2FN/c1-2-20-16(11-6-8-12(17)9-7-11)10-13-14(18)4-3-5-15(13)19/h3-9,16,20H,2,10H2,1H3. The second-order valence-electron chi connectivity index (χ2n) is 4.57. The van der Waals surface area contributed by atoms with E-state index in [9.17, 15) is 4.39 Å². The van der Waals surface area contributed by atoms with Gasteiger partial charge < -0.3 is 5.32 Å². The molecule has 20 heavy (non-hydrogen) atoms. The Kier molecular flexibility index (Phi) is 5.41. The van der Waals surface area contributed by atoms with E-state index in [1.54, 1.807) is 12.1 Å². The van der Waals surface area contributed by atoms with Gasteiger partial charge in [-0.3, -0.25) is 0 Å². The average molecular weight is 312 g/mol. The van der Waals surface area contributed by atoms with Crippen molar-refractivity contribution >= 4 is 23.2 Å². The summed E-state index contributed by atoms with van der Waals surface area (Å²) < 4.78 is 13.9. The molecule has 1 N–H and O–H groups in total. The number of likely N-dealkylation sites (N-methyl/N-ethyl adjacent to an activating group) is 1. The molecule has 0 heterocycles. The van der Waals surface area contributed by atoms with Crippen molar-refractivity contribution in [1.82, 2.24) is 5.32 Å². The maximum atomic E-state index is 13.9. The lowest BCUT2D eigenvalue weighted by atomic mass is 9.98. The lowest BCUT2D eigenvalue weighted by Gasteiger charge is -2.19. The van der Waals surface area contributed by atoms with Crippen LogP contribution >= 0.6 is 23.2 Å². The first-order valence-corrected chi connectivity index (χ1v) is 7.29. The van der Waals surface area contributed by atoms with Crippen LogP contribution in [0.15, 0.2) is 42.5 Å². The minimum atomic E-state index is -0.269. The zero-order chi connectivity index (χ0) is 14.5. The molecule has 0 saturated carbocycles. The molecule has 106 valence electrons. The molecule has 0 radical (unpaired) electrons. The number of rotatable bonds is 5. The van der Waals surface area contributed by atoms with E-state index in [1.165, 1.54) is 6.07 Å². The molecule has 0 saturated heterocycles. The summed E-state index contributed by atoms with van der Waals surface area (Å²) in [7, 11) is 0. The summed E-state index contributed by atoms with van der Waals surface area (Å²) >= 11 is 12.0. The van der Waals surface area contributed by atoms with E-state index in [0.29, 0.717) is 22.0 Å². The molecule has 2 aromatic carbocycles. The Balaban J connectivity index is 2.28. The van der Waals surface area contributed by atoms with Gasteiger partial charge >= 0.3 is 0 Å². The third-order valence-corrected chi connectivity index (χ3v) is 3.80. The summed E-state index contributed by atoms with van der Waals surface area (Å²) in [6.45, 7) is 2.81. The van der Waals surface area contributed by atoms with Crippen LogP contribution in [0.2, 0.25) is 10.0 Å². The predicted octanol–water partition coefficient (Wildman–Crippen LogP) is 5.03. The molecule has 0 spiro atoms. The SMILES string of the molecule is CCNC(Cc1c(F)cccc1Cl)c1ccc(Cl)cc1. The number of benzene rings is 2. The zero-order valence-corrected chi connectivity index (χ0v) is 12.7. The Bertz CT molecular complexity index is 549. The first kappa shape index (κ1) is 15.3. The van der Waals surface area contributed by atoms with Gasteiger partial charge in [-0.05, 0) is 42.8 Å². The summed E-state index contributed by atoms with van der Waals surface area (Å²) in [4.78, 5) is 0. The molecule has 1 nitrogen and oxygen atoms in total. The first-order chi connectivity index (χ1) is 9.61. The van der Waals surface area contributed by atoms with E-state index < -0.39 is 0 Å². The van der Waals surface area contributed by atoms with Crippen LogP contribution in [0.3, 0.4) is 0 Å². The van der Waals surface area contributed by atoms with Crippen LogP contribution in [0.1, 0.15) is 24.1 Å². The largest absolute Gasteiger partial charge is 0.310 e. The topological polar surface area (TPSA) is 12.0 Å². The van der Waals surface area contributed by atoms with Gasteiger partial charge in [-0.1, -0.05) is 48.3 Å². The molecular formula is C16H16Cl2FN. The highest BCUT2D eigenvalue weighted by Crippen LogP contribution is 2.26. The predicted molar refractivity (Wildman–Crippen MR) is 83.0 cm³/mol. The fourth-order valence-corrected chi connectivity index (χ4v) is 2.55. The summed E-state index contributed by atoms with van der Waals surface area (Å²) in [6.07, 6.45) is 0.501. The summed E-state index contributed by atoms with van der Waals surface area (Å²) in [5.41, 5.74) is 1.60. The van der Waals surface area contributed by atoms with E-state index >= 15 is 0 Å². The van der Waals surface area contributed by atoms with Crippen molar-refractivity contribution in [3.8, 4) is 0 Å². The molecule has 0 aliphatic carbocycles. The maximum absolute atomic E-state index is 13.9. The van der Waals surface area contributed by atoms with E-state index in [1.807, 2.05) is 31.2 Å². The number of nitrogens with one attached hydrogen (secondary N) is 1. The van der Waals surface area contributed by atoms with Crippen molar-refractivity contribution in [2.75, 3.05) is 6.54 Å². The van der Waals surface area contributed by atoms with Crippen LogP contribution in [0.5, 0.6) is 0 Å². The van der Waals surface area contributed by atoms with Gasteiger partial charge in [-0.2, -0.15) is 0 Å². The van der Waals surface area contributed by atoms with Gasteiger partial charge in [0.2, 0.25) is 0 Å². The monoisotopic (exact) mass is 311 g/mol. The molecule has 0 aliphatic rings. The van der Waals surface area contributed by atoms with Crippen LogP contribution in [-0.2, 0) is 6.42 Å².